The van der Waals surface area contributed by atoms with E-state index in [1.165, 1.54) is 0 Å². The minimum absolute atomic E-state index is 0.687. The first-order chi connectivity index (χ1) is 9.29. The quantitative estimate of drug-likeness (QED) is 0.685. The summed E-state index contributed by atoms with van der Waals surface area (Å²) in [4.78, 5) is 4.55. The fraction of sp³-hybridized carbons (Fsp3) is 0.231. The molecule has 2 aromatic heterocycles. The molecule has 0 saturated heterocycles. The molecular formula is C13H13N5S. The van der Waals surface area contributed by atoms with Crippen LogP contribution in [0.2, 0.25) is 0 Å². The van der Waals surface area contributed by atoms with Gasteiger partial charge in [0.2, 0.25) is 5.16 Å². The van der Waals surface area contributed by atoms with E-state index in [0.717, 1.165) is 28.3 Å². The first-order valence-electron chi connectivity index (χ1n) is 6.08. The lowest BCUT2D eigenvalue weighted by atomic mass is 10.3. The van der Waals surface area contributed by atoms with Crippen LogP contribution in [-0.4, -0.2) is 30.7 Å². The number of thioether (sulfide) groups is 1. The molecule has 0 bridgehead atoms. The molecule has 0 radical (unpaired) electrons. The van der Waals surface area contributed by atoms with Crippen LogP contribution in [0.25, 0.3) is 16.9 Å². The van der Waals surface area contributed by atoms with Crippen molar-refractivity contribution in [1.82, 2.24) is 25.0 Å². The maximum Gasteiger partial charge on any atom is 0.211 e. The number of benzene rings is 1. The van der Waals surface area contributed by atoms with Crippen LogP contribution in [0.5, 0.6) is 0 Å². The average molecular weight is 271 g/mol. The number of hydrogen-bond donors (Lipinski definition) is 0. The van der Waals surface area contributed by atoms with Gasteiger partial charge in [-0.3, -0.25) is 0 Å². The minimum Gasteiger partial charge on any atom is -0.213 e. The topological polar surface area (TPSA) is 56.5 Å². The summed E-state index contributed by atoms with van der Waals surface area (Å²) >= 11 is 1.58. The lowest BCUT2D eigenvalue weighted by molar-refractivity contribution is 0.841. The van der Waals surface area contributed by atoms with Crippen molar-refractivity contribution in [3.05, 3.63) is 36.0 Å². The third kappa shape index (κ3) is 2.19. The summed E-state index contributed by atoms with van der Waals surface area (Å²) < 4.78 is 1.82. The van der Waals surface area contributed by atoms with E-state index in [1.54, 1.807) is 11.8 Å². The monoisotopic (exact) mass is 271 g/mol. The van der Waals surface area contributed by atoms with Gasteiger partial charge in [0.05, 0.1) is 11.4 Å². The van der Waals surface area contributed by atoms with Crippen LogP contribution >= 0.6 is 11.8 Å². The molecule has 2 heterocycles. The van der Waals surface area contributed by atoms with E-state index >= 15 is 0 Å². The Morgan fingerprint density at radius 2 is 1.95 bits per heavy atom. The highest BCUT2D eigenvalue weighted by Crippen LogP contribution is 2.20. The van der Waals surface area contributed by atoms with Gasteiger partial charge < -0.3 is 0 Å². The molecule has 5 nitrogen and oxygen atoms in total. The molecule has 19 heavy (non-hydrogen) atoms. The Morgan fingerprint density at radius 1 is 1.16 bits per heavy atom. The number of aryl methyl sites for hydroxylation is 1. The van der Waals surface area contributed by atoms with E-state index in [0.29, 0.717) is 5.16 Å². The Hall–Kier alpha value is -1.95. The van der Waals surface area contributed by atoms with Crippen molar-refractivity contribution in [3.63, 3.8) is 0 Å². The lowest BCUT2D eigenvalue weighted by Crippen LogP contribution is -1.99. The highest BCUT2D eigenvalue weighted by atomic mass is 32.2. The number of aromatic nitrogens is 5. The Bertz CT molecular complexity index is 708. The lowest BCUT2D eigenvalue weighted by Gasteiger charge is -2.02. The number of nitrogens with zero attached hydrogens (tertiary/aromatic N) is 5. The fourth-order valence-electron chi connectivity index (χ4n) is 1.87. The van der Waals surface area contributed by atoms with Crippen molar-refractivity contribution >= 4 is 22.9 Å². The van der Waals surface area contributed by atoms with Crippen molar-refractivity contribution in [1.29, 1.82) is 0 Å². The van der Waals surface area contributed by atoms with Gasteiger partial charge in [0.25, 0.3) is 0 Å². The molecule has 0 saturated carbocycles. The van der Waals surface area contributed by atoms with Gasteiger partial charge in [-0.25, -0.2) is 4.68 Å². The highest BCUT2D eigenvalue weighted by Gasteiger charge is 2.13. The second kappa shape index (κ2) is 4.97. The summed E-state index contributed by atoms with van der Waals surface area (Å²) in [5.74, 6) is 0.922. The largest absolute Gasteiger partial charge is 0.213 e. The summed E-state index contributed by atoms with van der Waals surface area (Å²) in [5, 5.41) is 13.5. The molecule has 3 rings (SSSR count). The van der Waals surface area contributed by atoms with Crippen molar-refractivity contribution in [3.8, 4) is 5.69 Å². The Kier molecular flexibility index (Phi) is 3.16. The van der Waals surface area contributed by atoms with Gasteiger partial charge in [-0.05, 0) is 24.8 Å². The second-order valence-corrected chi connectivity index (χ2v) is 5.26. The summed E-state index contributed by atoms with van der Waals surface area (Å²) in [6, 6.07) is 9.94. The molecular weight excluding hydrogens is 258 g/mol. The number of fused-ring (bicyclic) bond motifs is 1. The third-order valence-corrected chi connectivity index (χ3v) is 3.44. The zero-order chi connectivity index (χ0) is 13.2. The first kappa shape index (κ1) is 12.1. The Balaban J connectivity index is 2.21. The van der Waals surface area contributed by atoms with Crippen molar-refractivity contribution in [2.45, 2.75) is 19.0 Å². The molecule has 0 N–H and O–H groups in total. The third-order valence-electron chi connectivity index (χ3n) is 2.72. The predicted octanol–water partition coefficient (Wildman–Crippen LogP) is 2.63. The molecule has 96 valence electrons. The average Bonchev–Trinajstić information content (AvgIpc) is 2.77. The second-order valence-electron chi connectivity index (χ2n) is 4.03. The van der Waals surface area contributed by atoms with Gasteiger partial charge in [-0.15, -0.1) is 10.2 Å². The molecule has 0 amide bonds. The number of hydrogen-bond acceptors (Lipinski definition) is 5. The zero-order valence-electron chi connectivity index (χ0n) is 10.7. The highest BCUT2D eigenvalue weighted by molar-refractivity contribution is 7.99. The maximum atomic E-state index is 4.55. The molecule has 0 aliphatic carbocycles. The van der Waals surface area contributed by atoms with E-state index in [-0.39, 0.29) is 0 Å². The standard InChI is InChI=1S/C13H13N5S/c1-3-19-13-14-12-11(15-16-13)9(2)17-18(12)10-7-5-4-6-8-10/h4-8H,3H2,1-2H3. The summed E-state index contributed by atoms with van der Waals surface area (Å²) in [5.41, 5.74) is 3.33. The van der Waals surface area contributed by atoms with Crippen LogP contribution in [0.15, 0.2) is 35.5 Å². The van der Waals surface area contributed by atoms with Gasteiger partial charge in [0.15, 0.2) is 11.2 Å². The SMILES string of the molecule is CCSc1nnc2c(C)nn(-c3ccccc3)c2n1. The van der Waals surface area contributed by atoms with Crippen LogP contribution < -0.4 is 0 Å². The summed E-state index contributed by atoms with van der Waals surface area (Å²) in [6.07, 6.45) is 0. The zero-order valence-corrected chi connectivity index (χ0v) is 11.6. The maximum absolute atomic E-state index is 4.55. The molecule has 0 unspecified atom stereocenters. The molecule has 0 spiro atoms. The van der Waals surface area contributed by atoms with E-state index < -0.39 is 0 Å². The molecule has 1 aromatic carbocycles. The van der Waals surface area contributed by atoms with Crippen LogP contribution in [0.4, 0.5) is 0 Å². The molecule has 3 aromatic rings. The molecule has 0 atom stereocenters. The Morgan fingerprint density at radius 3 is 2.68 bits per heavy atom. The fourth-order valence-corrected chi connectivity index (χ4v) is 2.38. The van der Waals surface area contributed by atoms with E-state index in [9.17, 15) is 0 Å². The van der Waals surface area contributed by atoms with Crippen LogP contribution in [0.1, 0.15) is 12.6 Å². The van der Waals surface area contributed by atoms with Crippen molar-refractivity contribution < 1.29 is 0 Å². The van der Waals surface area contributed by atoms with Gasteiger partial charge >= 0.3 is 0 Å². The number of rotatable bonds is 3. The van der Waals surface area contributed by atoms with Gasteiger partial charge in [-0.1, -0.05) is 36.9 Å². The first-order valence-corrected chi connectivity index (χ1v) is 7.06. The molecule has 6 heteroatoms. The molecule has 0 fully saturated rings. The van der Waals surface area contributed by atoms with Crippen molar-refractivity contribution in [2.75, 3.05) is 5.75 Å². The van der Waals surface area contributed by atoms with E-state index in [2.05, 4.69) is 27.2 Å². The summed E-state index contributed by atoms with van der Waals surface area (Å²) in [6.45, 7) is 3.99. The Labute approximate surface area is 115 Å². The van der Waals surface area contributed by atoms with Gasteiger partial charge in [0.1, 0.15) is 0 Å². The van der Waals surface area contributed by atoms with Crippen LogP contribution in [0, 0.1) is 6.92 Å². The van der Waals surface area contributed by atoms with Gasteiger partial charge in [-0.2, -0.15) is 10.1 Å². The predicted molar refractivity (Wildman–Crippen MR) is 75.6 cm³/mol. The molecule has 0 aliphatic heterocycles. The van der Waals surface area contributed by atoms with Gasteiger partial charge in [0, 0.05) is 0 Å². The minimum atomic E-state index is 0.687. The smallest absolute Gasteiger partial charge is 0.211 e. The van der Waals surface area contributed by atoms with Crippen molar-refractivity contribution in [2.24, 2.45) is 0 Å². The summed E-state index contributed by atoms with van der Waals surface area (Å²) in [7, 11) is 0. The van der Waals surface area contributed by atoms with Crippen LogP contribution in [0.3, 0.4) is 0 Å². The van der Waals surface area contributed by atoms with E-state index in [1.807, 2.05) is 41.9 Å². The van der Waals surface area contributed by atoms with E-state index in [4.69, 9.17) is 0 Å². The molecule has 0 aliphatic rings. The normalized spacial score (nSPS) is 11.1. The van der Waals surface area contributed by atoms with Crippen LogP contribution in [-0.2, 0) is 0 Å². The number of para-hydroxylation sites is 1.